The summed E-state index contributed by atoms with van der Waals surface area (Å²) in [5.41, 5.74) is 9.82. The molecular formula is C42H25N3O. The summed E-state index contributed by atoms with van der Waals surface area (Å²) in [4.78, 5) is 10.6. The van der Waals surface area contributed by atoms with Crippen molar-refractivity contribution in [3.8, 4) is 28.2 Å². The van der Waals surface area contributed by atoms with Gasteiger partial charge in [-0.3, -0.25) is 4.57 Å². The maximum absolute atomic E-state index is 6.36. The standard InChI is InChI=1S/C42H25N3O/c1-2-12-27(13-3-1)40-42(44-35-19-8-7-18-34(35)43-40)45-36-20-9-6-15-31(36)32-17-10-16-30(41(32)45)28-22-23-37-33(25-28)39-29-14-5-4-11-26(29)21-24-38(39)46-37/h1-25H. The van der Waals surface area contributed by atoms with E-state index in [0.717, 1.165) is 72.2 Å². The molecule has 214 valence electrons. The third-order valence-electron chi connectivity index (χ3n) is 9.18. The minimum Gasteiger partial charge on any atom is -0.456 e. The Kier molecular flexibility index (Phi) is 5.25. The van der Waals surface area contributed by atoms with Crippen LogP contribution in [0.1, 0.15) is 0 Å². The van der Waals surface area contributed by atoms with Crippen LogP contribution >= 0.6 is 0 Å². The monoisotopic (exact) mass is 587 g/mol. The molecule has 4 nitrogen and oxygen atoms in total. The highest BCUT2D eigenvalue weighted by Gasteiger charge is 2.22. The zero-order valence-corrected chi connectivity index (χ0v) is 24.7. The maximum Gasteiger partial charge on any atom is 0.165 e. The molecule has 46 heavy (non-hydrogen) atoms. The van der Waals surface area contributed by atoms with Crippen molar-refractivity contribution in [2.45, 2.75) is 0 Å². The number of rotatable bonds is 3. The van der Waals surface area contributed by atoms with Gasteiger partial charge in [0.05, 0.1) is 22.1 Å². The molecule has 0 saturated carbocycles. The third-order valence-corrected chi connectivity index (χ3v) is 9.18. The molecule has 0 fully saturated rings. The Morgan fingerprint density at radius 1 is 0.478 bits per heavy atom. The number of hydrogen-bond acceptors (Lipinski definition) is 3. The topological polar surface area (TPSA) is 43.9 Å². The van der Waals surface area contributed by atoms with E-state index in [2.05, 4.69) is 126 Å². The number of benzene rings is 7. The lowest BCUT2D eigenvalue weighted by Crippen LogP contribution is -2.04. The van der Waals surface area contributed by atoms with E-state index in [-0.39, 0.29) is 0 Å². The normalized spacial score (nSPS) is 11.9. The van der Waals surface area contributed by atoms with Crippen LogP contribution in [0, 0.1) is 0 Å². The summed E-state index contributed by atoms with van der Waals surface area (Å²) in [7, 11) is 0. The number of nitrogens with zero attached hydrogens (tertiary/aromatic N) is 3. The number of aromatic nitrogens is 3. The third kappa shape index (κ3) is 3.61. The zero-order chi connectivity index (χ0) is 30.2. The second-order valence-electron chi connectivity index (χ2n) is 11.8. The molecular weight excluding hydrogens is 562 g/mol. The largest absolute Gasteiger partial charge is 0.456 e. The van der Waals surface area contributed by atoms with E-state index in [0.29, 0.717) is 0 Å². The van der Waals surface area contributed by atoms with Gasteiger partial charge in [0.15, 0.2) is 5.82 Å². The lowest BCUT2D eigenvalue weighted by atomic mass is 9.98. The zero-order valence-electron chi connectivity index (χ0n) is 24.7. The van der Waals surface area contributed by atoms with Crippen molar-refractivity contribution in [1.29, 1.82) is 0 Å². The fourth-order valence-corrected chi connectivity index (χ4v) is 7.12. The number of hydrogen-bond donors (Lipinski definition) is 0. The highest BCUT2D eigenvalue weighted by Crippen LogP contribution is 2.42. The number of furan rings is 1. The van der Waals surface area contributed by atoms with E-state index >= 15 is 0 Å². The van der Waals surface area contributed by atoms with Gasteiger partial charge in [-0.25, -0.2) is 9.97 Å². The van der Waals surface area contributed by atoms with Crippen LogP contribution < -0.4 is 0 Å². The van der Waals surface area contributed by atoms with Crippen LogP contribution in [0.5, 0.6) is 0 Å². The Morgan fingerprint density at radius 2 is 1.20 bits per heavy atom. The van der Waals surface area contributed by atoms with Gasteiger partial charge in [-0.05, 0) is 52.7 Å². The molecule has 3 aromatic heterocycles. The first-order valence-electron chi connectivity index (χ1n) is 15.5. The molecule has 7 aromatic carbocycles. The van der Waals surface area contributed by atoms with E-state index in [1.165, 1.54) is 21.5 Å². The molecule has 0 aliphatic rings. The van der Waals surface area contributed by atoms with Crippen molar-refractivity contribution < 1.29 is 4.42 Å². The lowest BCUT2D eigenvalue weighted by molar-refractivity contribution is 0.669. The number of fused-ring (bicyclic) bond motifs is 9. The van der Waals surface area contributed by atoms with Crippen molar-refractivity contribution in [2.75, 3.05) is 0 Å². The van der Waals surface area contributed by atoms with Crippen LogP contribution in [-0.4, -0.2) is 14.5 Å². The molecule has 0 aliphatic heterocycles. The molecule has 0 amide bonds. The molecule has 4 heteroatoms. The van der Waals surface area contributed by atoms with Crippen LogP contribution in [0.25, 0.3) is 93.8 Å². The van der Waals surface area contributed by atoms with Gasteiger partial charge in [-0.2, -0.15) is 0 Å². The Hall–Kier alpha value is -6.26. The first kappa shape index (κ1) is 25.1. The molecule has 0 atom stereocenters. The highest BCUT2D eigenvalue weighted by molar-refractivity contribution is 6.20. The SMILES string of the molecule is c1ccc(-c2nc3ccccc3nc2-n2c3ccccc3c3cccc(-c4ccc5oc6ccc7ccccc7c6c5c4)c32)cc1. The minimum atomic E-state index is 0.810. The average Bonchev–Trinajstić information content (AvgIpc) is 3.67. The van der Waals surface area contributed by atoms with Crippen LogP contribution in [0.2, 0.25) is 0 Å². The summed E-state index contributed by atoms with van der Waals surface area (Å²) in [6.07, 6.45) is 0. The van der Waals surface area contributed by atoms with E-state index in [1.54, 1.807) is 0 Å². The predicted molar refractivity (Wildman–Crippen MR) is 190 cm³/mol. The van der Waals surface area contributed by atoms with Gasteiger partial charge < -0.3 is 4.42 Å². The Balaban J connectivity index is 1.33. The predicted octanol–water partition coefficient (Wildman–Crippen LogP) is 11.1. The Morgan fingerprint density at radius 3 is 2.09 bits per heavy atom. The van der Waals surface area contributed by atoms with Gasteiger partial charge >= 0.3 is 0 Å². The molecule has 0 saturated heterocycles. The molecule has 0 radical (unpaired) electrons. The summed E-state index contributed by atoms with van der Waals surface area (Å²) in [6, 6.07) is 53.0. The first-order valence-corrected chi connectivity index (χ1v) is 15.5. The van der Waals surface area contributed by atoms with Crippen molar-refractivity contribution in [3.63, 3.8) is 0 Å². The lowest BCUT2D eigenvalue weighted by Gasteiger charge is -2.15. The molecule has 0 N–H and O–H groups in total. The van der Waals surface area contributed by atoms with Crippen LogP contribution in [0.3, 0.4) is 0 Å². The summed E-state index contributed by atoms with van der Waals surface area (Å²) < 4.78 is 8.68. The van der Waals surface area contributed by atoms with Crippen molar-refractivity contribution in [3.05, 3.63) is 152 Å². The fraction of sp³-hybridized carbons (Fsp3) is 0. The van der Waals surface area contributed by atoms with Gasteiger partial charge in [-0.15, -0.1) is 0 Å². The second-order valence-corrected chi connectivity index (χ2v) is 11.8. The molecule has 3 heterocycles. The number of para-hydroxylation sites is 4. The van der Waals surface area contributed by atoms with Gasteiger partial charge in [0.25, 0.3) is 0 Å². The molecule has 10 aromatic rings. The first-order chi connectivity index (χ1) is 22.8. The maximum atomic E-state index is 6.36. The molecule has 0 unspecified atom stereocenters. The van der Waals surface area contributed by atoms with Gasteiger partial charge in [0.2, 0.25) is 0 Å². The quantitative estimate of drug-likeness (QED) is 0.207. The highest BCUT2D eigenvalue weighted by atomic mass is 16.3. The van der Waals surface area contributed by atoms with Crippen molar-refractivity contribution >= 4 is 65.6 Å². The Bertz CT molecular complexity index is 2810. The van der Waals surface area contributed by atoms with Gasteiger partial charge in [0, 0.05) is 32.7 Å². The van der Waals surface area contributed by atoms with E-state index in [1.807, 2.05) is 30.3 Å². The summed E-state index contributed by atoms with van der Waals surface area (Å²) in [5, 5.41) is 7.00. The smallest absolute Gasteiger partial charge is 0.165 e. The van der Waals surface area contributed by atoms with Crippen LogP contribution in [0.4, 0.5) is 0 Å². The minimum absolute atomic E-state index is 0.810. The summed E-state index contributed by atoms with van der Waals surface area (Å²) >= 11 is 0. The molecule has 0 aliphatic carbocycles. The van der Waals surface area contributed by atoms with E-state index in [4.69, 9.17) is 14.4 Å². The average molecular weight is 588 g/mol. The van der Waals surface area contributed by atoms with E-state index in [9.17, 15) is 0 Å². The molecule has 10 rings (SSSR count). The summed E-state index contributed by atoms with van der Waals surface area (Å²) in [5.74, 6) is 0.810. The van der Waals surface area contributed by atoms with Gasteiger partial charge in [0.1, 0.15) is 16.9 Å². The molecule has 0 spiro atoms. The fourth-order valence-electron chi connectivity index (χ4n) is 7.12. The molecule has 0 bridgehead atoms. The van der Waals surface area contributed by atoms with Gasteiger partial charge in [-0.1, -0.05) is 115 Å². The van der Waals surface area contributed by atoms with Crippen LogP contribution in [-0.2, 0) is 0 Å². The van der Waals surface area contributed by atoms with Crippen molar-refractivity contribution in [2.24, 2.45) is 0 Å². The van der Waals surface area contributed by atoms with Crippen LogP contribution in [0.15, 0.2) is 156 Å². The Labute approximate surface area is 263 Å². The van der Waals surface area contributed by atoms with Crippen molar-refractivity contribution in [1.82, 2.24) is 14.5 Å². The second kappa shape index (κ2) is 9.62. The van der Waals surface area contributed by atoms with E-state index < -0.39 is 0 Å². The summed E-state index contributed by atoms with van der Waals surface area (Å²) in [6.45, 7) is 0.